The summed E-state index contributed by atoms with van der Waals surface area (Å²) in [5.41, 5.74) is 0.301. The quantitative estimate of drug-likeness (QED) is 0.883. The van der Waals surface area contributed by atoms with Crippen molar-refractivity contribution in [1.82, 2.24) is 10.3 Å². The van der Waals surface area contributed by atoms with Gasteiger partial charge in [0.1, 0.15) is 11.4 Å². The number of aromatic nitrogens is 1. The van der Waals surface area contributed by atoms with Crippen molar-refractivity contribution >= 4 is 23.1 Å². The molecule has 0 saturated carbocycles. The Labute approximate surface area is 140 Å². The molecule has 0 spiro atoms. The van der Waals surface area contributed by atoms with E-state index < -0.39 is 5.60 Å². The second-order valence-electron chi connectivity index (χ2n) is 6.04. The number of hydrogen-bond acceptors (Lipinski definition) is 5. The summed E-state index contributed by atoms with van der Waals surface area (Å²) in [4.78, 5) is 19.1. The molecule has 3 heterocycles. The van der Waals surface area contributed by atoms with Crippen molar-refractivity contribution in [3.8, 4) is 0 Å². The van der Waals surface area contributed by atoms with E-state index in [4.69, 9.17) is 0 Å². The summed E-state index contributed by atoms with van der Waals surface area (Å²) >= 11 is 1.53. The van der Waals surface area contributed by atoms with Gasteiger partial charge in [-0.15, -0.1) is 0 Å². The molecular formula is C17H21N3O2S. The molecule has 6 heteroatoms. The first-order chi connectivity index (χ1) is 11.1. The van der Waals surface area contributed by atoms with Crippen LogP contribution < -0.4 is 10.2 Å². The first-order valence-electron chi connectivity index (χ1n) is 7.81. The molecule has 1 atom stereocenters. The van der Waals surface area contributed by atoms with E-state index in [9.17, 15) is 9.90 Å². The highest BCUT2D eigenvalue weighted by Gasteiger charge is 2.26. The number of nitrogens with one attached hydrogen (secondary N) is 1. The first-order valence-corrected chi connectivity index (χ1v) is 8.75. The average Bonchev–Trinajstić information content (AvgIpc) is 3.25. The molecule has 122 valence electrons. The van der Waals surface area contributed by atoms with Crippen molar-refractivity contribution in [2.75, 3.05) is 24.5 Å². The third-order valence-electron chi connectivity index (χ3n) is 4.17. The third-order valence-corrected chi connectivity index (χ3v) is 4.86. The summed E-state index contributed by atoms with van der Waals surface area (Å²) in [6.07, 6.45) is 3.97. The lowest BCUT2D eigenvalue weighted by molar-refractivity contribution is 0.0530. The molecule has 5 nitrogen and oxygen atoms in total. The fourth-order valence-electron chi connectivity index (χ4n) is 2.78. The van der Waals surface area contributed by atoms with Gasteiger partial charge in [0.15, 0.2) is 0 Å². The number of aliphatic hydroxyl groups is 1. The van der Waals surface area contributed by atoms with Crippen molar-refractivity contribution in [2.24, 2.45) is 0 Å². The number of thiophene rings is 1. The zero-order chi connectivity index (χ0) is 16.3. The van der Waals surface area contributed by atoms with Crippen LogP contribution in [0.15, 0.2) is 35.2 Å². The lowest BCUT2D eigenvalue weighted by atomic mass is 9.99. The molecule has 2 N–H and O–H groups in total. The zero-order valence-electron chi connectivity index (χ0n) is 13.2. The van der Waals surface area contributed by atoms with Gasteiger partial charge in [0.2, 0.25) is 0 Å². The van der Waals surface area contributed by atoms with Gasteiger partial charge in [-0.2, -0.15) is 11.3 Å². The molecule has 2 aromatic rings. The molecule has 0 aliphatic carbocycles. The number of anilines is 1. The fraction of sp³-hybridized carbons (Fsp3) is 0.412. The Morgan fingerprint density at radius 2 is 2.22 bits per heavy atom. The van der Waals surface area contributed by atoms with Crippen LogP contribution in [0.5, 0.6) is 0 Å². The van der Waals surface area contributed by atoms with Gasteiger partial charge >= 0.3 is 0 Å². The maximum Gasteiger partial charge on any atom is 0.255 e. The summed E-state index contributed by atoms with van der Waals surface area (Å²) in [6, 6.07) is 5.43. The van der Waals surface area contributed by atoms with E-state index in [1.165, 1.54) is 11.3 Å². The smallest absolute Gasteiger partial charge is 0.255 e. The summed E-state index contributed by atoms with van der Waals surface area (Å²) in [7, 11) is 0. The van der Waals surface area contributed by atoms with Crippen LogP contribution in [0.2, 0.25) is 0 Å². The molecule has 0 aromatic carbocycles. The highest BCUT2D eigenvalue weighted by atomic mass is 32.1. The van der Waals surface area contributed by atoms with E-state index in [0.717, 1.165) is 37.3 Å². The predicted molar refractivity (Wildman–Crippen MR) is 91.9 cm³/mol. The largest absolute Gasteiger partial charge is 0.384 e. The summed E-state index contributed by atoms with van der Waals surface area (Å²) < 4.78 is 0. The molecule has 23 heavy (non-hydrogen) atoms. The highest BCUT2D eigenvalue weighted by Crippen LogP contribution is 2.24. The summed E-state index contributed by atoms with van der Waals surface area (Å²) in [5, 5.41) is 17.2. The Hall–Kier alpha value is -1.92. The monoisotopic (exact) mass is 331 g/mol. The number of rotatable bonds is 5. The van der Waals surface area contributed by atoms with Gasteiger partial charge in [-0.1, -0.05) is 0 Å². The van der Waals surface area contributed by atoms with Gasteiger partial charge in [0.05, 0.1) is 12.1 Å². The molecule has 3 rings (SSSR count). The van der Waals surface area contributed by atoms with Crippen LogP contribution in [0.25, 0.3) is 0 Å². The van der Waals surface area contributed by atoms with Gasteiger partial charge < -0.3 is 15.3 Å². The molecule has 1 amide bonds. The fourth-order valence-corrected chi connectivity index (χ4v) is 3.56. The summed E-state index contributed by atoms with van der Waals surface area (Å²) in [6.45, 7) is 3.74. The molecule has 2 aromatic heterocycles. The molecular weight excluding hydrogens is 310 g/mol. The van der Waals surface area contributed by atoms with Crippen molar-refractivity contribution in [1.29, 1.82) is 0 Å². The highest BCUT2D eigenvalue weighted by molar-refractivity contribution is 7.08. The van der Waals surface area contributed by atoms with E-state index >= 15 is 0 Å². The van der Waals surface area contributed by atoms with Gasteiger partial charge in [-0.3, -0.25) is 4.79 Å². The Morgan fingerprint density at radius 1 is 1.43 bits per heavy atom. The van der Waals surface area contributed by atoms with E-state index in [1.54, 1.807) is 25.3 Å². The number of nitrogens with zero attached hydrogens (tertiary/aromatic N) is 2. The number of hydrogen-bond donors (Lipinski definition) is 2. The van der Waals surface area contributed by atoms with Crippen LogP contribution in [0, 0.1) is 0 Å². The first kappa shape index (κ1) is 16.0. The van der Waals surface area contributed by atoms with Crippen molar-refractivity contribution in [3.63, 3.8) is 0 Å². The van der Waals surface area contributed by atoms with Crippen LogP contribution in [0.3, 0.4) is 0 Å². The number of amides is 1. The minimum atomic E-state index is -1.08. The van der Waals surface area contributed by atoms with Crippen LogP contribution in [0.1, 0.15) is 35.7 Å². The number of pyridine rings is 1. The second kappa shape index (κ2) is 6.68. The van der Waals surface area contributed by atoms with Gasteiger partial charge in [0.25, 0.3) is 5.91 Å². The van der Waals surface area contributed by atoms with E-state index in [-0.39, 0.29) is 12.5 Å². The van der Waals surface area contributed by atoms with Crippen LogP contribution in [-0.2, 0) is 5.60 Å². The second-order valence-corrected chi connectivity index (χ2v) is 6.82. The molecule has 1 fully saturated rings. The summed E-state index contributed by atoms with van der Waals surface area (Å²) in [5.74, 6) is 0.535. The SMILES string of the molecule is CC(O)(CNC(=O)c1cccnc1N1CCCC1)c1ccsc1. The van der Waals surface area contributed by atoms with Gasteiger partial charge in [-0.05, 0) is 54.3 Å². The van der Waals surface area contributed by atoms with E-state index in [2.05, 4.69) is 15.2 Å². The molecule has 1 saturated heterocycles. The Bertz CT molecular complexity index is 664. The predicted octanol–water partition coefficient (Wildman–Crippen LogP) is 2.38. The molecule has 0 bridgehead atoms. The maximum absolute atomic E-state index is 12.6. The van der Waals surface area contributed by atoms with Crippen LogP contribution in [-0.4, -0.2) is 35.6 Å². The third kappa shape index (κ3) is 3.54. The average molecular weight is 331 g/mol. The van der Waals surface area contributed by atoms with Crippen molar-refractivity contribution < 1.29 is 9.90 Å². The molecule has 1 aliphatic heterocycles. The minimum Gasteiger partial charge on any atom is -0.384 e. The Kier molecular flexibility index (Phi) is 4.63. The number of carbonyl (C=O) groups excluding carboxylic acids is 1. The Balaban J connectivity index is 1.71. The maximum atomic E-state index is 12.6. The van der Waals surface area contributed by atoms with Crippen molar-refractivity contribution in [2.45, 2.75) is 25.4 Å². The van der Waals surface area contributed by atoms with Crippen LogP contribution >= 0.6 is 11.3 Å². The number of carbonyl (C=O) groups is 1. The Morgan fingerprint density at radius 3 is 2.91 bits per heavy atom. The van der Waals surface area contributed by atoms with Crippen molar-refractivity contribution in [3.05, 3.63) is 46.3 Å². The standard InChI is InChI=1S/C17H21N3O2S/c1-17(22,13-6-10-23-11-13)12-19-16(21)14-5-4-7-18-15(14)20-8-2-3-9-20/h4-7,10-11,22H,2-3,8-9,12H2,1H3,(H,19,21). The topological polar surface area (TPSA) is 65.5 Å². The van der Waals surface area contributed by atoms with Crippen LogP contribution in [0.4, 0.5) is 5.82 Å². The normalized spacial score (nSPS) is 17.0. The molecule has 0 radical (unpaired) electrons. The van der Waals surface area contributed by atoms with E-state index in [0.29, 0.717) is 5.56 Å². The lowest BCUT2D eigenvalue weighted by Gasteiger charge is -2.24. The van der Waals surface area contributed by atoms with Gasteiger partial charge in [0, 0.05) is 19.3 Å². The molecule has 1 unspecified atom stereocenters. The minimum absolute atomic E-state index is 0.164. The van der Waals surface area contributed by atoms with Gasteiger partial charge in [-0.25, -0.2) is 4.98 Å². The van der Waals surface area contributed by atoms with E-state index in [1.807, 2.05) is 16.8 Å². The molecule has 1 aliphatic rings. The lowest BCUT2D eigenvalue weighted by Crippen LogP contribution is -2.39. The zero-order valence-corrected chi connectivity index (χ0v) is 14.0.